The van der Waals surface area contributed by atoms with Crippen LogP contribution in [0.1, 0.15) is 11.1 Å². The van der Waals surface area contributed by atoms with Crippen molar-refractivity contribution in [1.82, 2.24) is 0 Å². The van der Waals surface area contributed by atoms with Crippen LogP contribution in [0.4, 0.5) is 0 Å². The van der Waals surface area contributed by atoms with Crippen LogP contribution in [0.5, 0.6) is 0 Å². The molecule has 2 aliphatic heterocycles. The van der Waals surface area contributed by atoms with Gasteiger partial charge < -0.3 is 0 Å². The fraction of sp³-hybridized carbons (Fsp3) is 0.286. The predicted octanol–water partition coefficient (Wildman–Crippen LogP) is 1.04. The molecule has 0 saturated carbocycles. The molecule has 0 radical (unpaired) electrons. The lowest BCUT2D eigenvalue weighted by Crippen LogP contribution is -2.50. The van der Waals surface area contributed by atoms with E-state index < -0.39 is 0 Å². The van der Waals surface area contributed by atoms with E-state index in [0.29, 0.717) is 0 Å². The first kappa shape index (κ1) is 8.45. The number of hydrogen-bond acceptors (Lipinski definition) is 0. The summed E-state index contributed by atoms with van der Waals surface area (Å²) in [5.41, 5.74) is 5.93. The minimum Gasteiger partial charge on any atom is -0.193 e. The van der Waals surface area contributed by atoms with Crippen LogP contribution in [0.25, 0.3) is 11.4 Å². The van der Waals surface area contributed by atoms with Crippen LogP contribution < -0.4 is 9.13 Å². The van der Waals surface area contributed by atoms with Gasteiger partial charge in [0.2, 0.25) is 0 Å². The fourth-order valence-electron chi connectivity index (χ4n) is 3.04. The third-order valence-electron chi connectivity index (χ3n) is 3.78. The maximum atomic E-state index is 2.41. The Morgan fingerprint density at radius 3 is 1.75 bits per heavy atom. The van der Waals surface area contributed by atoms with Crippen molar-refractivity contribution >= 4 is 0 Å². The lowest BCUT2D eigenvalue weighted by molar-refractivity contribution is -0.724. The largest absolute Gasteiger partial charge is 0.281 e. The Hall–Kier alpha value is -1.70. The molecule has 0 unspecified atom stereocenters. The van der Waals surface area contributed by atoms with Gasteiger partial charge in [-0.25, -0.2) is 0 Å². The molecule has 0 atom stereocenters. The van der Waals surface area contributed by atoms with E-state index in [1.807, 2.05) is 0 Å². The highest BCUT2D eigenvalue weighted by atomic mass is 15.1. The Labute approximate surface area is 94.8 Å². The summed E-state index contributed by atoms with van der Waals surface area (Å²) in [6.07, 6.45) is 6.75. The third-order valence-corrected chi connectivity index (χ3v) is 3.78. The van der Waals surface area contributed by atoms with Crippen molar-refractivity contribution in [2.75, 3.05) is 0 Å². The lowest BCUT2D eigenvalue weighted by Gasteiger charge is -2.18. The van der Waals surface area contributed by atoms with Gasteiger partial charge in [-0.15, -0.1) is 0 Å². The molecule has 0 saturated heterocycles. The monoisotopic (exact) mass is 210 g/mol. The van der Waals surface area contributed by atoms with Crippen molar-refractivity contribution in [3.8, 4) is 11.4 Å². The third kappa shape index (κ3) is 0.967. The molecule has 2 nitrogen and oxygen atoms in total. The van der Waals surface area contributed by atoms with Crippen molar-refractivity contribution in [2.45, 2.75) is 25.9 Å². The number of aromatic nitrogens is 2. The Morgan fingerprint density at radius 2 is 1.25 bits per heavy atom. The molecule has 0 bridgehead atoms. The standard InChI is InChI=1S/C14H14N2/c1-3-11-5-10-16-8-2-4-12-6-9-15(7-1)13(11)14(12)16/h1-4,7-8H,5-6,9-10H2/q+2. The van der Waals surface area contributed by atoms with Gasteiger partial charge in [0.05, 0.1) is 0 Å². The summed E-state index contributed by atoms with van der Waals surface area (Å²) in [6, 6.07) is 8.92. The zero-order valence-corrected chi connectivity index (χ0v) is 9.19. The average molecular weight is 210 g/mol. The van der Waals surface area contributed by atoms with E-state index in [-0.39, 0.29) is 0 Å². The minimum atomic E-state index is 1.13. The van der Waals surface area contributed by atoms with Crippen LogP contribution in [0.15, 0.2) is 36.7 Å². The molecule has 2 heteroatoms. The van der Waals surface area contributed by atoms with Crippen molar-refractivity contribution in [3.63, 3.8) is 0 Å². The first-order valence-electron chi connectivity index (χ1n) is 5.96. The van der Waals surface area contributed by atoms with Crippen molar-refractivity contribution in [1.29, 1.82) is 0 Å². The molecular formula is C14H14N2+2. The molecule has 2 aliphatic rings. The Kier molecular flexibility index (Phi) is 1.54. The van der Waals surface area contributed by atoms with Crippen molar-refractivity contribution in [3.05, 3.63) is 47.8 Å². The van der Waals surface area contributed by atoms with E-state index >= 15 is 0 Å². The van der Waals surface area contributed by atoms with Gasteiger partial charge in [0.15, 0.2) is 25.5 Å². The smallest absolute Gasteiger partial charge is 0.193 e. The molecular weight excluding hydrogens is 196 g/mol. The number of nitrogens with zero attached hydrogens (tertiary/aromatic N) is 2. The molecule has 2 aromatic rings. The van der Waals surface area contributed by atoms with Gasteiger partial charge in [-0.05, 0) is 12.1 Å². The van der Waals surface area contributed by atoms with Gasteiger partial charge in [0.1, 0.15) is 0 Å². The van der Waals surface area contributed by atoms with E-state index in [2.05, 4.69) is 45.8 Å². The SMILES string of the molecule is c1cc2c3[n+](c1)CCc1ccc[n+](c1-3)CC2. The van der Waals surface area contributed by atoms with Crippen molar-refractivity contribution in [2.24, 2.45) is 0 Å². The topological polar surface area (TPSA) is 7.76 Å². The molecule has 4 heterocycles. The fourth-order valence-corrected chi connectivity index (χ4v) is 3.04. The molecule has 0 spiro atoms. The maximum absolute atomic E-state index is 2.41. The molecule has 0 aromatic carbocycles. The van der Waals surface area contributed by atoms with Gasteiger partial charge in [-0.2, -0.15) is 9.13 Å². The highest BCUT2D eigenvalue weighted by Gasteiger charge is 2.36. The first-order valence-corrected chi connectivity index (χ1v) is 5.96. The molecule has 2 aromatic heterocycles. The molecule has 0 amide bonds. The van der Waals surface area contributed by atoms with Gasteiger partial charge in [0, 0.05) is 36.1 Å². The number of pyridine rings is 2. The molecule has 0 N–H and O–H groups in total. The average Bonchev–Trinajstić information content (AvgIpc) is 2.36. The molecule has 78 valence electrons. The summed E-state index contributed by atoms with van der Waals surface area (Å²) in [7, 11) is 0. The van der Waals surface area contributed by atoms with E-state index in [0.717, 1.165) is 25.9 Å². The number of rotatable bonds is 0. The molecule has 4 rings (SSSR count). The van der Waals surface area contributed by atoms with E-state index in [1.165, 1.54) is 22.5 Å². The first-order chi connectivity index (χ1) is 7.93. The molecule has 16 heavy (non-hydrogen) atoms. The Bertz CT molecular complexity index is 489. The van der Waals surface area contributed by atoms with Gasteiger partial charge in [-0.1, -0.05) is 0 Å². The molecule has 0 aliphatic carbocycles. The summed E-state index contributed by atoms with van der Waals surface area (Å²) in [5.74, 6) is 0. The van der Waals surface area contributed by atoms with Crippen LogP contribution in [0.2, 0.25) is 0 Å². The lowest BCUT2D eigenvalue weighted by atomic mass is 9.94. The van der Waals surface area contributed by atoms with Gasteiger partial charge in [0.25, 0.3) is 11.4 Å². The zero-order valence-electron chi connectivity index (χ0n) is 9.19. The summed E-state index contributed by atoms with van der Waals surface area (Å²) in [5, 5.41) is 0. The maximum Gasteiger partial charge on any atom is 0.281 e. The summed E-state index contributed by atoms with van der Waals surface area (Å²) in [4.78, 5) is 0. The van der Waals surface area contributed by atoms with Crippen LogP contribution in [0, 0.1) is 0 Å². The Morgan fingerprint density at radius 1 is 0.750 bits per heavy atom. The predicted molar refractivity (Wildman–Crippen MR) is 59.7 cm³/mol. The number of aryl methyl sites for hydroxylation is 4. The van der Waals surface area contributed by atoms with Crippen LogP contribution >= 0.6 is 0 Å². The van der Waals surface area contributed by atoms with E-state index in [9.17, 15) is 0 Å². The second kappa shape index (κ2) is 2.91. The summed E-state index contributed by atoms with van der Waals surface area (Å²) >= 11 is 0. The zero-order chi connectivity index (χ0) is 10.5. The minimum absolute atomic E-state index is 1.13. The van der Waals surface area contributed by atoms with E-state index in [4.69, 9.17) is 0 Å². The highest BCUT2D eigenvalue weighted by molar-refractivity contribution is 5.58. The van der Waals surface area contributed by atoms with Crippen LogP contribution in [-0.4, -0.2) is 0 Å². The second-order valence-electron chi connectivity index (χ2n) is 4.65. The van der Waals surface area contributed by atoms with Crippen LogP contribution in [-0.2, 0) is 25.9 Å². The molecule has 0 fully saturated rings. The van der Waals surface area contributed by atoms with E-state index in [1.54, 1.807) is 0 Å². The van der Waals surface area contributed by atoms with Crippen molar-refractivity contribution < 1.29 is 9.13 Å². The number of hydrogen-bond donors (Lipinski definition) is 0. The Balaban J connectivity index is 2.15. The van der Waals surface area contributed by atoms with Crippen LogP contribution in [0.3, 0.4) is 0 Å². The summed E-state index contributed by atoms with van der Waals surface area (Å²) in [6.45, 7) is 2.25. The highest BCUT2D eigenvalue weighted by Crippen LogP contribution is 2.27. The second-order valence-corrected chi connectivity index (χ2v) is 4.65. The normalized spacial score (nSPS) is 15.8. The van der Waals surface area contributed by atoms with Gasteiger partial charge in [-0.3, -0.25) is 0 Å². The van der Waals surface area contributed by atoms with Gasteiger partial charge >= 0.3 is 0 Å². The summed E-state index contributed by atoms with van der Waals surface area (Å²) < 4.78 is 4.82. The quantitative estimate of drug-likeness (QED) is 0.574.